The molecular formula is C20H25N4O4+. The predicted molar refractivity (Wildman–Crippen MR) is 101 cm³/mol. The van der Waals surface area contributed by atoms with Crippen molar-refractivity contribution in [2.45, 2.75) is 38.3 Å². The van der Waals surface area contributed by atoms with E-state index in [0.717, 1.165) is 16.3 Å². The Labute approximate surface area is 163 Å². The topological polar surface area (TPSA) is 108 Å². The fourth-order valence-electron chi connectivity index (χ4n) is 3.12. The van der Waals surface area contributed by atoms with Gasteiger partial charge in [0.2, 0.25) is 0 Å². The molecule has 28 heavy (non-hydrogen) atoms. The second-order valence-corrected chi connectivity index (χ2v) is 7.17. The molecule has 4 amide bonds. The zero-order chi connectivity index (χ0) is 20.1. The van der Waals surface area contributed by atoms with Crippen molar-refractivity contribution in [2.75, 3.05) is 6.54 Å². The molecular weight excluding hydrogens is 360 g/mol. The summed E-state index contributed by atoms with van der Waals surface area (Å²) in [4.78, 5) is 37.2. The molecule has 1 aliphatic rings. The second-order valence-electron chi connectivity index (χ2n) is 7.17. The number of urea groups is 1. The summed E-state index contributed by atoms with van der Waals surface area (Å²) in [6, 6.07) is 12.7. The zero-order valence-corrected chi connectivity index (χ0v) is 16.0. The van der Waals surface area contributed by atoms with E-state index >= 15 is 0 Å². The van der Waals surface area contributed by atoms with Crippen molar-refractivity contribution in [1.82, 2.24) is 15.8 Å². The summed E-state index contributed by atoms with van der Waals surface area (Å²) in [7, 11) is 0. The highest BCUT2D eigenvalue weighted by Gasteiger charge is 2.48. The largest absolute Gasteiger partial charge is 0.463 e. The van der Waals surface area contributed by atoms with Crippen LogP contribution < -0.4 is 16.1 Å². The Morgan fingerprint density at radius 3 is 2.68 bits per heavy atom. The Bertz CT molecular complexity index is 837. The molecule has 1 saturated heterocycles. The maximum absolute atomic E-state index is 12.7. The number of rotatable bonds is 8. The van der Waals surface area contributed by atoms with Gasteiger partial charge in [-0.15, -0.1) is 0 Å². The molecule has 1 aromatic heterocycles. The smallest absolute Gasteiger partial charge is 0.344 e. The van der Waals surface area contributed by atoms with Crippen LogP contribution in [0.3, 0.4) is 0 Å². The van der Waals surface area contributed by atoms with Crippen molar-refractivity contribution < 1.29 is 24.1 Å². The number of nitrogens with two attached hydrogens (primary N) is 1. The second kappa shape index (κ2) is 8.26. The van der Waals surface area contributed by atoms with Crippen molar-refractivity contribution in [3.05, 3.63) is 60.1 Å². The first kappa shape index (κ1) is 19.6. The van der Waals surface area contributed by atoms with Crippen molar-refractivity contribution in [3.63, 3.8) is 0 Å². The highest BCUT2D eigenvalue weighted by molar-refractivity contribution is 6.07. The van der Waals surface area contributed by atoms with Crippen LogP contribution in [-0.2, 0) is 16.0 Å². The van der Waals surface area contributed by atoms with Crippen LogP contribution in [0.1, 0.15) is 37.6 Å². The van der Waals surface area contributed by atoms with Crippen LogP contribution in [-0.4, -0.2) is 34.9 Å². The standard InChI is InChI=1S/C20H24N4O4/c1-14(16-9-6-12-28-16)21-13-17(25)23-24-18(26)20(2,22-19(24)27)11-10-15-7-4-3-5-8-15/h3-9,12,14,21H,10-11,13H2,1-2H3,(H,22,27)(H,23,25)/p+1/t14-,20-/m1/s1. The molecule has 148 valence electrons. The molecule has 0 unspecified atom stereocenters. The molecule has 4 N–H and O–H groups in total. The van der Waals surface area contributed by atoms with Gasteiger partial charge in [-0.25, -0.2) is 4.79 Å². The number of amides is 4. The van der Waals surface area contributed by atoms with Gasteiger partial charge in [-0.1, -0.05) is 30.3 Å². The van der Waals surface area contributed by atoms with E-state index in [0.29, 0.717) is 12.8 Å². The lowest BCUT2D eigenvalue weighted by atomic mass is 9.93. The van der Waals surface area contributed by atoms with Crippen LogP contribution in [0.4, 0.5) is 4.79 Å². The lowest BCUT2D eigenvalue weighted by molar-refractivity contribution is -0.684. The molecule has 1 fully saturated rings. The third-order valence-corrected chi connectivity index (χ3v) is 4.90. The Hall–Kier alpha value is -3.13. The molecule has 0 saturated carbocycles. The van der Waals surface area contributed by atoms with E-state index in [-0.39, 0.29) is 12.6 Å². The predicted octanol–water partition coefficient (Wildman–Crippen LogP) is 0.879. The first-order valence-electron chi connectivity index (χ1n) is 9.26. The van der Waals surface area contributed by atoms with Gasteiger partial charge in [-0.3, -0.25) is 15.0 Å². The molecule has 1 aliphatic heterocycles. The fraction of sp³-hybridized carbons (Fsp3) is 0.350. The van der Waals surface area contributed by atoms with Gasteiger partial charge >= 0.3 is 6.03 Å². The SMILES string of the molecule is C[C@@H]([NH2+]CC(=O)NN1C(=O)N[C@](C)(CCc2ccccc2)C1=O)c1ccco1. The third kappa shape index (κ3) is 4.40. The number of benzene rings is 1. The van der Waals surface area contributed by atoms with Gasteiger partial charge in [0.05, 0.1) is 6.26 Å². The third-order valence-electron chi connectivity index (χ3n) is 4.90. The first-order valence-corrected chi connectivity index (χ1v) is 9.26. The molecule has 8 nitrogen and oxygen atoms in total. The zero-order valence-electron chi connectivity index (χ0n) is 16.0. The van der Waals surface area contributed by atoms with Gasteiger partial charge in [0.1, 0.15) is 11.6 Å². The Kier molecular flexibility index (Phi) is 5.79. The van der Waals surface area contributed by atoms with Gasteiger partial charge in [-0.2, -0.15) is 5.01 Å². The molecule has 0 spiro atoms. The number of nitrogens with zero attached hydrogens (tertiary/aromatic N) is 1. The van der Waals surface area contributed by atoms with Crippen LogP contribution in [0.2, 0.25) is 0 Å². The van der Waals surface area contributed by atoms with Crippen LogP contribution in [0.25, 0.3) is 0 Å². The first-order chi connectivity index (χ1) is 13.4. The van der Waals surface area contributed by atoms with Crippen molar-refractivity contribution >= 4 is 17.8 Å². The van der Waals surface area contributed by atoms with Gasteiger partial charge in [0.25, 0.3) is 11.8 Å². The van der Waals surface area contributed by atoms with Crippen LogP contribution >= 0.6 is 0 Å². The van der Waals surface area contributed by atoms with Gasteiger partial charge in [0.15, 0.2) is 12.3 Å². The monoisotopic (exact) mass is 385 g/mol. The number of hydrogen-bond donors (Lipinski definition) is 3. The van der Waals surface area contributed by atoms with Gasteiger partial charge in [-0.05, 0) is 44.4 Å². The molecule has 2 heterocycles. The highest BCUT2D eigenvalue weighted by Crippen LogP contribution is 2.22. The number of quaternary nitrogens is 1. The minimum atomic E-state index is -1.05. The summed E-state index contributed by atoms with van der Waals surface area (Å²) >= 11 is 0. The molecule has 8 heteroatoms. The van der Waals surface area contributed by atoms with Crippen LogP contribution in [0.15, 0.2) is 53.1 Å². The van der Waals surface area contributed by atoms with Crippen LogP contribution in [0, 0.1) is 0 Å². The number of carbonyl (C=O) groups is 3. The number of aryl methyl sites for hydroxylation is 1. The lowest BCUT2D eigenvalue weighted by Gasteiger charge is -2.21. The van der Waals surface area contributed by atoms with E-state index in [1.165, 1.54) is 0 Å². The molecule has 2 atom stereocenters. The summed E-state index contributed by atoms with van der Waals surface area (Å²) in [6.07, 6.45) is 2.65. The highest BCUT2D eigenvalue weighted by atomic mass is 16.3. The van der Waals surface area contributed by atoms with Gasteiger partial charge in [0, 0.05) is 0 Å². The van der Waals surface area contributed by atoms with E-state index in [2.05, 4.69) is 10.7 Å². The number of imide groups is 1. The number of furan rings is 1. The summed E-state index contributed by atoms with van der Waals surface area (Å²) in [5, 5.41) is 5.23. The quantitative estimate of drug-likeness (QED) is 0.586. The summed E-state index contributed by atoms with van der Waals surface area (Å²) < 4.78 is 5.29. The van der Waals surface area contributed by atoms with Crippen LogP contribution in [0.5, 0.6) is 0 Å². The fourth-order valence-corrected chi connectivity index (χ4v) is 3.12. The van der Waals surface area contributed by atoms with Crippen molar-refractivity contribution in [2.24, 2.45) is 0 Å². The van der Waals surface area contributed by atoms with E-state index in [1.807, 2.05) is 43.3 Å². The minimum absolute atomic E-state index is 0.0552. The molecule has 1 aromatic carbocycles. The lowest BCUT2D eigenvalue weighted by Crippen LogP contribution is -2.87. The maximum Gasteiger partial charge on any atom is 0.344 e. The number of hydrazine groups is 1. The summed E-state index contributed by atoms with van der Waals surface area (Å²) in [5.41, 5.74) is 2.43. The Morgan fingerprint density at radius 1 is 1.25 bits per heavy atom. The molecule has 0 bridgehead atoms. The molecule has 0 radical (unpaired) electrons. The normalized spacial score (nSPS) is 20.1. The van der Waals surface area contributed by atoms with Crippen molar-refractivity contribution in [3.8, 4) is 0 Å². The Balaban J connectivity index is 1.53. The maximum atomic E-state index is 12.7. The van der Waals surface area contributed by atoms with E-state index in [9.17, 15) is 14.4 Å². The average Bonchev–Trinajstić information content (AvgIpc) is 3.29. The Morgan fingerprint density at radius 2 is 2.00 bits per heavy atom. The van der Waals surface area contributed by atoms with Gasteiger partial charge < -0.3 is 15.1 Å². The minimum Gasteiger partial charge on any atom is -0.463 e. The van der Waals surface area contributed by atoms with Crippen molar-refractivity contribution in [1.29, 1.82) is 0 Å². The van der Waals surface area contributed by atoms with E-state index in [1.54, 1.807) is 24.6 Å². The molecule has 0 aliphatic carbocycles. The van der Waals surface area contributed by atoms with E-state index < -0.39 is 23.4 Å². The summed E-state index contributed by atoms with van der Waals surface area (Å²) in [5.74, 6) is -0.147. The number of nitrogens with one attached hydrogen (secondary N) is 2. The molecule has 3 rings (SSSR count). The average molecular weight is 385 g/mol. The number of carbonyl (C=O) groups excluding carboxylic acids is 3. The molecule has 2 aromatic rings. The van der Waals surface area contributed by atoms with E-state index in [4.69, 9.17) is 4.42 Å². The number of hydrogen-bond acceptors (Lipinski definition) is 4. The summed E-state index contributed by atoms with van der Waals surface area (Å²) in [6.45, 7) is 3.63.